The smallest absolute Gasteiger partial charge is 0.147 e. The van der Waals surface area contributed by atoms with Crippen molar-refractivity contribution in [2.45, 2.75) is 32.7 Å². The average molecular weight is 365 g/mol. The van der Waals surface area contributed by atoms with Gasteiger partial charge in [0.1, 0.15) is 5.75 Å². The Morgan fingerprint density at radius 1 is 1.18 bits per heavy atom. The van der Waals surface area contributed by atoms with Crippen LogP contribution in [0, 0.1) is 0 Å². The number of rotatable bonds is 7. The van der Waals surface area contributed by atoms with Crippen molar-refractivity contribution in [1.82, 2.24) is 5.32 Å². The van der Waals surface area contributed by atoms with E-state index < -0.39 is 0 Å². The molecule has 0 aliphatic carbocycles. The Hall–Kier alpha value is -0.0600. The molecular weight excluding hydrogens is 346 g/mol. The van der Waals surface area contributed by atoms with Crippen LogP contribution in [-0.4, -0.2) is 13.7 Å². The van der Waals surface area contributed by atoms with E-state index in [-0.39, 0.29) is 0 Å². The second-order valence-electron chi connectivity index (χ2n) is 3.98. The van der Waals surface area contributed by atoms with Gasteiger partial charge in [-0.1, -0.05) is 19.8 Å². The minimum absolute atomic E-state index is 0.847. The third-order valence-corrected chi connectivity index (χ3v) is 3.73. The van der Waals surface area contributed by atoms with Crippen molar-refractivity contribution in [3.8, 4) is 5.75 Å². The molecule has 0 aliphatic rings. The molecule has 0 saturated heterocycles. The zero-order valence-electron chi connectivity index (χ0n) is 10.4. The van der Waals surface area contributed by atoms with Crippen LogP contribution in [0.4, 0.5) is 0 Å². The first kappa shape index (κ1) is 15.0. The van der Waals surface area contributed by atoms with Crippen LogP contribution in [0.3, 0.4) is 0 Å². The maximum Gasteiger partial charge on any atom is 0.147 e. The van der Waals surface area contributed by atoms with Crippen LogP contribution in [0.1, 0.15) is 31.7 Å². The van der Waals surface area contributed by atoms with Crippen molar-refractivity contribution < 1.29 is 4.74 Å². The highest BCUT2D eigenvalue weighted by atomic mass is 79.9. The highest BCUT2D eigenvalue weighted by Crippen LogP contribution is 2.34. The molecule has 0 aliphatic heterocycles. The largest absolute Gasteiger partial charge is 0.494 e. The second kappa shape index (κ2) is 8.11. The zero-order valence-corrected chi connectivity index (χ0v) is 13.5. The van der Waals surface area contributed by atoms with Crippen molar-refractivity contribution in [3.05, 3.63) is 26.6 Å². The number of benzene rings is 1. The topological polar surface area (TPSA) is 21.3 Å². The Balaban J connectivity index is 2.49. The van der Waals surface area contributed by atoms with E-state index in [4.69, 9.17) is 4.74 Å². The van der Waals surface area contributed by atoms with E-state index in [1.54, 1.807) is 7.11 Å². The molecule has 0 aromatic heterocycles. The molecule has 0 heterocycles. The number of ether oxygens (including phenoxy) is 1. The van der Waals surface area contributed by atoms with Gasteiger partial charge in [0.15, 0.2) is 0 Å². The van der Waals surface area contributed by atoms with Crippen LogP contribution in [-0.2, 0) is 6.54 Å². The summed E-state index contributed by atoms with van der Waals surface area (Å²) in [5.41, 5.74) is 1.25. The average Bonchev–Trinajstić information content (AvgIpc) is 2.28. The molecule has 1 N–H and O–H groups in total. The Morgan fingerprint density at radius 3 is 2.35 bits per heavy atom. The van der Waals surface area contributed by atoms with Gasteiger partial charge in [-0.3, -0.25) is 0 Å². The van der Waals surface area contributed by atoms with Crippen molar-refractivity contribution in [2.24, 2.45) is 0 Å². The van der Waals surface area contributed by atoms with Crippen molar-refractivity contribution in [1.29, 1.82) is 0 Å². The highest BCUT2D eigenvalue weighted by Gasteiger charge is 2.07. The molecule has 1 rings (SSSR count). The van der Waals surface area contributed by atoms with Crippen LogP contribution < -0.4 is 10.1 Å². The summed E-state index contributed by atoms with van der Waals surface area (Å²) in [6, 6.07) is 4.19. The van der Waals surface area contributed by atoms with Crippen LogP contribution in [0.25, 0.3) is 0 Å². The van der Waals surface area contributed by atoms with Crippen molar-refractivity contribution in [2.75, 3.05) is 13.7 Å². The van der Waals surface area contributed by atoms with E-state index in [1.165, 1.54) is 24.8 Å². The molecule has 0 radical (unpaired) electrons. The normalized spacial score (nSPS) is 10.6. The van der Waals surface area contributed by atoms with E-state index in [2.05, 4.69) is 56.2 Å². The van der Waals surface area contributed by atoms with Crippen LogP contribution in [0.15, 0.2) is 21.1 Å². The molecule has 0 saturated carbocycles. The molecule has 1 aromatic carbocycles. The minimum Gasteiger partial charge on any atom is -0.494 e. The maximum absolute atomic E-state index is 5.27. The fourth-order valence-electron chi connectivity index (χ4n) is 1.64. The molecular formula is C13H19Br2NO. The van der Waals surface area contributed by atoms with Gasteiger partial charge in [0, 0.05) is 6.54 Å². The molecule has 0 spiro atoms. The second-order valence-corrected chi connectivity index (χ2v) is 5.69. The summed E-state index contributed by atoms with van der Waals surface area (Å²) in [5.74, 6) is 0.847. The molecule has 0 atom stereocenters. The summed E-state index contributed by atoms with van der Waals surface area (Å²) in [7, 11) is 1.67. The van der Waals surface area contributed by atoms with E-state index in [0.717, 1.165) is 27.8 Å². The van der Waals surface area contributed by atoms with Crippen molar-refractivity contribution in [3.63, 3.8) is 0 Å². The number of methoxy groups -OCH3 is 1. The van der Waals surface area contributed by atoms with E-state index in [9.17, 15) is 0 Å². The first-order chi connectivity index (χ1) is 8.19. The van der Waals surface area contributed by atoms with Gasteiger partial charge in [0.05, 0.1) is 16.1 Å². The first-order valence-electron chi connectivity index (χ1n) is 5.91. The summed E-state index contributed by atoms with van der Waals surface area (Å²) in [6.07, 6.45) is 3.80. The fraction of sp³-hybridized carbons (Fsp3) is 0.538. The SMILES string of the molecule is CCCCCNCc1cc(Br)c(OC)c(Br)c1. The predicted molar refractivity (Wildman–Crippen MR) is 79.6 cm³/mol. The zero-order chi connectivity index (χ0) is 12.7. The Morgan fingerprint density at radius 2 is 1.82 bits per heavy atom. The Kier molecular flexibility index (Phi) is 7.16. The summed E-state index contributed by atoms with van der Waals surface area (Å²) in [4.78, 5) is 0. The molecule has 96 valence electrons. The lowest BCUT2D eigenvalue weighted by Crippen LogP contribution is -2.14. The van der Waals surface area contributed by atoms with Gasteiger partial charge >= 0.3 is 0 Å². The van der Waals surface area contributed by atoms with Crippen LogP contribution >= 0.6 is 31.9 Å². The van der Waals surface area contributed by atoms with Gasteiger partial charge < -0.3 is 10.1 Å². The molecule has 0 bridgehead atoms. The summed E-state index contributed by atoms with van der Waals surface area (Å²) < 4.78 is 7.25. The monoisotopic (exact) mass is 363 g/mol. The number of hydrogen-bond acceptors (Lipinski definition) is 2. The minimum atomic E-state index is 0.847. The summed E-state index contributed by atoms with van der Waals surface area (Å²) in [6.45, 7) is 4.19. The van der Waals surface area contributed by atoms with Crippen LogP contribution in [0.2, 0.25) is 0 Å². The summed E-state index contributed by atoms with van der Waals surface area (Å²) >= 11 is 7.02. The molecule has 0 fully saturated rings. The molecule has 2 nitrogen and oxygen atoms in total. The van der Waals surface area contributed by atoms with Gasteiger partial charge in [-0.15, -0.1) is 0 Å². The number of halogens is 2. The van der Waals surface area contributed by atoms with Gasteiger partial charge in [-0.2, -0.15) is 0 Å². The molecule has 1 aromatic rings. The highest BCUT2D eigenvalue weighted by molar-refractivity contribution is 9.11. The quantitative estimate of drug-likeness (QED) is 0.719. The van der Waals surface area contributed by atoms with Crippen molar-refractivity contribution >= 4 is 31.9 Å². The lowest BCUT2D eigenvalue weighted by atomic mass is 10.2. The Labute approximate surface area is 120 Å². The van der Waals surface area contributed by atoms with Gasteiger partial charge in [0.25, 0.3) is 0 Å². The van der Waals surface area contributed by atoms with Gasteiger partial charge in [0.2, 0.25) is 0 Å². The lowest BCUT2D eigenvalue weighted by Gasteiger charge is -2.10. The Bertz CT molecular complexity index is 332. The number of nitrogens with one attached hydrogen (secondary N) is 1. The van der Waals surface area contributed by atoms with Crippen LogP contribution in [0.5, 0.6) is 5.75 Å². The standard InChI is InChI=1S/C13H19Br2NO/c1-3-4-5-6-16-9-10-7-11(14)13(17-2)12(15)8-10/h7-8,16H,3-6,9H2,1-2H3. The number of unbranched alkanes of at least 4 members (excludes halogenated alkanes) is 2. The molecule has 0 amide bonds. The third-order valence-electron chi connectivity index (χ3n) is 2.55. The van der Waals surface area contributed by atoms with Gasteiger partial charge in [-0.25, -0.2) is 0 Å². The number of hydrogen-bond donors (Lipinski definition) is 1. The maximum atomic E-state index is 5.27. The predicted octanol–water partition coefficient (Wildman–Crippen LogP) is 4.50. The summed E-state index contributed by atoms with van der Waals surface area (Å²) in [5, 5.41) is 3.45. The molecule has 17 heavy (non-hydrogen) atoms. The first-order valence-corrected chi connectivity index (χ1v) is 7.50. The fourth-order valence-corrected chi connectivity index (χ4v) is 3.25. The van der Waals surface area contributed by atoms with Gasteiger partial charge in [-0.05, 0) is 62.5 Å². The van der Waals surface area contributed by atoms with E-state index >= 15 is 0 Å². The van der Waals surface area contributed by atoms with E-state index in [0.29, 0.717) is 0 Å². The molecule has 0 unspecified atom stereocenters. The lowest BCUT2D eigenvalue weighted by molar-refractivity contribution is 0.409. The van der Waals surface area contributed by atoms with E-state index in [1.807, 2.05) is 0 Å². The third kappa shape index (κ3) is 4.98. The molecule has 4 heteroatoms.